The van der Waals surface area contributed by atoms with E-state index in [-0.39, 0.29) is 11.3 Å². The van der Waals surface area contributed by atoms with Crippen LogP contribution >= 0.6 is 0 Å². The van der Waals surface area contributed by atoms with Crippen LogP contribution in [0.1, 0.15) is 31.4 Å². The quantitative estimate of drug-likeness (QED) is 0.876. The third-order valence-electron chi connectivity index (χ3n) is 4.45. The van der Waals surface area contributed by atoms with Crippen molar-refractivity contribution >= 4 is 0 Å². The van der Waals surface area contributed by atoms with Gasteiger partial charge >= 0.3 is 0 Å². The van der Waals surface area contributed by atoms with Crippen LogP contribution in [0.25, 0.3) is 0 Å². The predicted molar refractivity (Wildman–Crippen MR) is 77.8 cm³/mol. The summed E-state index contributed by atoms with van der Waals surface area (Å²) >= 11 is 0. The van der Waals surface area contributed by atoms with Crippen LogP contribution in [-0.2, 0) is 5.60 Å². The zero-order chi connectivity index (χ0) is 13.5. The number of rotatable bonds is 3. The van der Waals surface area contributed by atoms with Gasteiger partial charge in [-0.1, -0.05) is 74.5 Å². The Kier molecular flexibility index (Phi) is 2.75. The van der Waals surface area contributed by atoms with E-state index in [4.69, 9.17) is 0 Å². The summed E-state index contributed by atoms with van der Waals surface area (Å²) in [6, 6.07) is 20.1. The number of aliphatic hydroxyl groups is 1. The van der Waals surface area contributed by atoms with Crippen molar-refractivity contribution in [3.8, 4) is 0 Å². The molecule has 1 aliphatic carbocycles. The number of hydrogen-bond acceptors (Lipinski definition) is 1. The zero-order valence-electron chi connectivity index (χ0n) is 11.5. The maximum Gasteiger partial charge on any atom is 0.118 e. The largest absolute Gasteiger partial charge is 0.380 e. The Bertz CT molecular complexity index is 517. The Labute approximate surface area is 114 Å². The highest BCUT2D eigenvalue weighted by atomic mass is 16.3. The van der Waals surface area contributed by atoms with E-state index in [1.54, 1.807) is 0 Å². The van der Waals surface area contributed by atoms with Crippen LogP contribution in [-0.4, -0.2) is 5.11 Å². The Hall–Kier alpha value is -1.60. The maximum atomic E-state index is 11.4. The molecule has 1 aliphatic rings. The van der Waals surface area contributed by atoms with Crippen LogP contribution in [0.5, 0.6) is 0 Å². The molecule has 0 saturated heterocycles. The third-order valence-corrected chi connectivity index (χ3v) is 4.45. The average molecular weight is 252 g/mol. The van der Waals surface area contributed by atoms with Gasteiger partial charge in [-0.2, -0.15) is 0 Å². The van der Waals surface area contributed by atoms with Crippen molar-refractivity contribution < 1.29 is 5.11 Å². The molecular formula is C18H20O. The lowest BCUT2D eigenvalue weighted by Crippen LogP contribution is -2.31. The minimum atomic E-state index is -0.869. The van der Waals surface area contributed by atoms with Crippen molar-refractivity contribution in [3.63, 3.8) is 0 Å². The molecule has 1 nitrogen and oxygen atoms in total. The van der Waals surface area contributed by atoms with E-state index < -0.39 is 5.60 Å². The first-order valence-corrected chi connectivity index (χ1v) is 6.88. The molecule has 1 atom stereocenters. The number of benzene rings is 2. The van der Waals surface area contributed by atoms with E-state index in [0.717, 1.165) is 17.5 Å². The molecule has 0 aromatic heterocycles. The molecule has 2 aromatic carbocycles. The van der Waals surface area contributed by atoms with Gasteiger partial charge < -0.3 is 5.11 Å². The molecule has 0 aliphatic heterocycles. The molecule has 0 spiro atoms. The van der Waals surface area contributed by atoms with Crippen LogP contribution in [0.2, 0.25) is 0 Å². The van der Waals surface area contributed by atoms with Crippen LogP contribution in [0.15, 0.2) is 60.7 Å². The van der Waals surface area contributed by atoms with Crippen LogP contribution in [0, 0.1) is 11.3 Å². The molecule has 1 N–H and O–H groups in total. The lowest BCUT2D eigenvalue weighted by Gasteiger charge is -2.31. The summed E-state index contributed by atoms with van der Waals surface area (Å²) in [6.07, 6.45) is 1.06. The maximum absolute atomic E-state index is 11.4. The van der Waals surface area contributed by atoms with Gasteiger partial charge in [-0.25, -0.2) is 0 Å². The minimum Gasteiger partial charge on any atom is -0.380 e. The van der Waals surface area contributed by atoms with Crippen molar-refractivity contribution in [1.82, 2.24) is 0 Å². The molecule has 1 saturated carbocycles. The van der Waals surface area contributed by atoms with Crippen molar-refractivity contribution in [2.75, 3.05) is 0 Å². The van der Waals surface area contributed by atoms with Gasteiger partial charge in [0.25, 0.3) is 0 Å². The SMILES string of the molecule is CC1(C)CC1C(O)(c1ccccc1)c1ccccc1. The Balaban J connectivity index is 2.12. The molecule has 3 rings (SSSR count). The highest BCUT2D eigenvalue weighted by molar-refractivity contribution is 5.39. The predicted octanol–water partition coefficient (Wildman–Crippen LogP) is 3.97. The highest BCUT2D eigenvalue weighted by Crippen LogP contribution is 2.62. The summed E-state index contributed by atoms with van der Waals surface area (Å²) in [5.74, 6) is 0.282. The van der Waals surface area contributed by atoms with E-state index >= 15 is 0 Å². The lowest BCUT2D eigenvalue weighted by atomic mass is 9.79. The summed E-state index contributed by atoms with van der Waals surface area (Å²) in [4.78, 5) is 0. The Morgan fingerprint density at radius 1 is 0.895 bits per heavy atom. The monoisotopic (exact) mass is 252 g/mol. The second kappa shape index (κ2) is 4.21. The van der Waals surface area contributed by atoms with E-state index in [2.05, 4.69) is 13.8 Å². The third kappa shape index (κ3) is 1.98. The normalized spacial score (nSPS) is 21.1. The van der Waals surface area contributed by atoms with E-state index in [1.165, 1.54) is 0 Å². The molecule has 0 bridgehead atoms. The van der Waals surface area contributed by atoms with Crippen molar-refractivity contribution in [1.29, 1.82) is 0 Å². The van der Waals surface area contributed by atoms with Gasteiger partial charge in [0.2, 0.25) is 0 Å². The molecule has 1 heteroatoms. The van der Waals surface area contributed by atoms with Gasteiger partial charge in [-0.15, -0.1) is 0 Å². The summed E-state index contributed by atoms with van der Waals surface area (Å²) in [5.41, 5.74) is 1.33. The Morgan fingerprint density at radius 2 is 1.26 bits per heavy atom. The molecule has 1 fully saturated rings. The molecule has 19 heavy (non-hydrogen) atoms. The molecule has 1 unspecified atom stereocenters. The Morgan fingerprint density at radius 3 is 1.58 bits per heavy atom. The van der Waals surface area contributed by atoms with E-state index in [1.807, 2.05) is 60.7 Å². The van der Waals surface area contributed by atoms with Gasteiger partial charge in [0.15, 0.2) is 0 Å². The first-order valence-electron chi connectivity index (χ1n) is 6.88. The van der Waals surface area contributed by atoms with Crippen molar-refractivity contribution in [3.05, 3.63) is 71.8 Å². The fourth-order valence-electron chi connectivity index (χ4n) is 3.13. The molecule has 0 amide bonds. The summed E-state index contributed by atoms with van der Waals surface area (Å²) < 4.78 is 0. The van der Waals surface area contributed by atoms with Gasteiger partial charge in [0, 0.05) is 5.92 Å². The van der Waals surface area contributed by atoms with Crippen LogP contribution in [0.4, 0.5) is 0 Å². The fourth-order valence-corrected chi connectivity index (χ4v) is 3.13. The summed E-state index contributed by atoms with van der Waals surface area (Å²) in [7, 11) is 0. The van der Waals surface area contributed by atoms with Crippen molar-refractivity contribution in [2.45, 2.75) is 25.9 Å². The lowest BCUT2D eigenvalue weighted by molar-refractivity contribution is 0.0436. The van der Waals surface area contributed by atoms with Crippen LogP contribution < -0.4 is 0 Å². The molecular weight excluding hydrogens is 232 g/mol. The first-order chi connectivity index (χ1) is 9.05. The molecule has 98 valence electrons. The highest BCUT2D eigenvalue weighted by Gasteiger charge is 2.58. The second-order valence-corrected chi connectivity index (χ2v) is 6.24. The van der Waals surface area contributed by atoms with Gasteiger partial charge in [0.1, 0.15) is 5.60 Å². The van der Waals surface area contributed by atoms with Crippen molar-refractivity contribution in [2.24, 2.45) is 11.3 Å². The van der Waals surface area contributed by atoms with E-state index in [9.17, 15) is 5.11 Å². The summed E-state index contributed by atoms with van der Waals surface area (Å²) in [5, 5.41) is 11.4. The second-order valence-electron chi connectivity index (χ2n) is 6.24. The molecule has 0 heterocycles. The first kappa shape index (κ1) is 12.4. The average Bonchev–Trinajstić information content (AvgIpc) is 3.09. The molecule has 0 radical (unpaired) electrons. The fraction of sp³-hybridized carbons (Fsp3) is 0.333. The van der Waals surface area contributed by atoms with Gasteiger partial charge in [-0.05, 0) is 23.0 Å². The minimum absolute atomic E-state index is 0.209. The van der Waals surface area contributed by atoms with E-state index in [0.29, 0.717) is 0 Å². The van der Waals surface area contributed by atoms with Gasteiger partial charge in [-0.3, -0.25) is 0 Å². The van der Waals surface area contributed by atoms with Gasteiger partial charge in [0.05, 0.1) is 0 Å². The summed E-state index contributed by atoms with van der Waals surface area (Å²) in [6.45, 7) is 4.46. The van der Waals surface area contributed by atoms with Crippen LogP contribution in [0.3, 0.4) is 0 Å². The molecule has 2 aromatic rings. The smallest absolute Gasteiger partial charge is 0.118 e. The zero-order valence-corrected chi connectivity index (χ0v) is 11.5. The standard InChI is InChI=1S/C18H20O/c1-17(2)13-16(17)18(19,14-9-5-3-6-10-14)15-11-7-4-8-12-15/h3-12,16,19H,13H2,1-2H3. The number of hydrogen-bond donors (Lipinski definition) is 1. The topological polar surface area (TPSA) is 20.2 Å².